The van der Waals surface area contributed by atoms with Gasteiger partial charge >= 0.3 is 0 Å². The van der Waals surface area contributed by atoms with E-state index >= 15 is 0 Å². The Hall–Kier alpha value is -1.51. The molecular weight excluding hydrogens is 236 g/mol. The minimum absolute atomic E-state index is 0.287. The van der Waals surface area contributed by atoms with Gasteiger partial charge in [0, 0.05) is 25.2 Å². The molecular formula is C16H24N2O. The number of carbonyl (C=O) groups excluding carboxylic acids is 1. The first kappa shape index (κ1) is 13.9. The highest BCUT2D eigenvalue weighted by Gasteiger charge is 2.23. The summed E-state index contributed by atoms with van der Waals surface area (Å²) in [4.78, 5) is 14.3. The topological polar surface area (TPSA) is 46.3 Å². The molecule has 1 amide bonds. The number of para-hydroxylation sites is 1. The van der Waals surface area contributed by atoms with Crippen LogP contribution in [0.2, 0.25) is 0 Å². The summed E-state index contributed by atoms with van der Waals surface area (Å²) in [7, 11) is 0. The van der Waals surface area contributed by atoms with Crippen LogP contribution in [0.15, 0.2) is 24.3 Å². The molecule has 1 aromatic rings. The zero-order valence-corrected chi connectivity index (χ0v) is 11.8. The summed E-state index contributed by atoms with van der Waals surface area (Å²) in [5, 5.41) is 0. The van der Waals surface area contributed by atoms with Crippen LogP contribution in [0, 0.1) is 5.92 Å². The number of nitrogens with two attached hydrogens (primary N) is 1. The number of benzene rings is 1. The summed E-state index contributed by atoms with van der Waals surface area (Å²) < 4.78 is 0. The van der Waals surface area contributed by atoms with Gasteiger partial charge in [-0.3, -0.25) is 4.79 Å². The zero-order chi connectivity index (χ0) is 13.7. The molecule has 0 spiro atoms. The van der Waals surface area contributed by atoms with Crippen LogP contribution in [0.3, 0.4) is 0 Å². The molecule has 0 bridgehead atoms. The number of amides is 1. The van der Waals surface area contributed by atoms with Crippen molar-refractivity contribution in [1.29, 1.82) is 0 Å². The summed E-state index contributed by atoms with van der Waals surface area (Å²) in [5.74, 6) is 0.912. The van der Waals surface area contributed by atoms with Gasteiger partial charge in [0.1, 0.15) is 0 Å². The molecule has 1 aromatic carbocycles. The molecule has 19 heavy (non-hydrogen) atoms. The summed E-state index contributed by atoms with van der Waals surface area (Å²) in [5.41, 5.74) is 7.80. The third kappa shape index (κ3) is 3.72. The van der Waals surface area contributed by atoms with E-state index in [2.05, 4.69) is 6.92 Å². The molecule has 1 fully saturated rings. The second kappa shape index (κ2) is 6.60. The Bertz CT molecular complexity index is 427. The number of hydrogen-bond donors (Lipinski definition) is 1. The monoisotopic (exact) mass is 260 g/mol. The average Bonchev–Trinajstić information content (AvgIpc) is 2.35. The van der Waals surface area contributed by atoms with Crippen molar-refractivity contribution in [3.8, 4) is 0 Å². The van der Waals surface area contributed by atoms with Gasteiger partial charge in [0.05, 0.1) is 0 Å². The van der Waals surface area contributed by atoms with Crippen LogP contribution >= 0.6 is 0 Å². The zero-order valence-electron chi connectivity index (χ0n) is 11.8. The molecule has 2 rings (SSSR count). The van der Waals surface area contributed by atoms with Crippen molar-refractivity contribution in [2.75, 3.05) is 12.3 Å². The highest BCUT2D eigenvalue weighted by molar-refractivity contribution is 5.76. The SMILES string of the molecule is CCCN(Cc1ccccc1N)C(=O)CC1CCC1. The highest BCUT2D eigenvalue weighted by Crippen LogP contribution is 2.30. The van der Waals surface area contributed by atoms with E-state index in [1.165, 1.54) is 19.3 Å². The molecule has 0 saturated heterocycles. The summed E-state index contributed by atoms with van der Waals surface area (Å²) >= 11 is 0. The van der Waals surface area contributed by atoms with Crippen LogP contribution in [0.1, 0.15) is 44.6 Å². The molecule has 3 heteroatoms. The molecule has 0 aliphatic heterocycles. The van der Waals surface area contributed by atoms with Gasteiger partial charge in [-0.05, 0) is 36.8 Å². The van der Waals surface area contributed by atoms with E-state index < -0.39 is 0 Å². The number of nitrogens with zero attached hydrogens (tertiary/aromatic N) is 1. The van der Waals surface area contributed by atoms with E-state index in [9.17, 15) is 4.79 Å². The first-order valence-electron chi connectivity index (χ1n) is 7.32. The number of hydrogen-bond acceptors (Lipinski definition) is 2. The fraction of sp³-hybridized carbons (Fsp3) is 0.562. The van der Waals surface area contributed by atoms with Crippen LogP contribution in [0.4, 0.5) is 5.69 Å². The van der Waals surface area contributed by atoms with Crippen molar-refractivity contribution >= 4 is 11.6 Å². The van der Waals surface area contributed by atoms with Gasteiger partial charge < -0.3 is 10.6 Å². The van der Waals surface area contributed by atoms with Crippen molar-refractivity contribution in [2.45, 2.75) is 45.6 Å². The van der Waals surface area contributed by atoms with Gasteiger partial charge in [-0.25, -0.2) is 0 Å². The van der Waals surface area contributed by atoms with Crippen molar-refractivity contribution in [3.05, 3.63) is 29.8 Å². The lowest BCUT2D eigenvalue weighted by Gasteiger charge is -2.29. The van der Waals surface area contributed by atoms with Crippen LogP contribution in [-0.4, -0.2) is 17.4 Å². The first-order chi connectivity index (χ1) is 9.20. The largest absolute Gasteiger partial charge is 0.398 e. The second-order valence-corrected chi connectivity index (χ2v) is 5.52. The molecule has 2 N–H and O–H groups in total. The smallest absolute Gasteiger partial charge is 0.223 e. The Morgan fingerprint density at radius 2 is 2.11 bits per heavy atom. The van der Waals surface area contributed by atoms with Crippen molar-refractivity contribution in [3.63, 3.8) is 0 Å². The Labute approximate surface area is 115 Å². The standard InChI is InChI=1S/C16H24N2O/c1-2-10-18(16(19)11-13-6-5-7-13)12-14-8-3-4-9-15(14)17/h3-4,8-9,13H,2,5-7,10-12,17H2,1H3. The Morgan fingerprint density at radius 3 is 2.68 bits per heavy atom. The summed E-state index contributed by atoms with van der Waals surface area (Å²) in [6, 6.07) is 7.82. The second-order valence-electron chi connectivity index (χ2n) is 5.52. The average molecular weight is 260 g/mol. The van der Waals surface area contributed by atoms with Gasteiger partial charge in [-0.1, -0.05) is 31.5 Å². The maximum Gasteiger partial charge on any atom is 0.223 e. The fourth-order valence-corrected chi connectivity index (χ4v) is 2.52. The quantitative estimate of drug-likeness (QED) is 0.798. The molecule has 0 atom stereocenters. The van der Waals surface area contributed by atoms with E-state index in [1.807, 2.05) is 29.2 Å². The summed E-state index contributed by atoms with van der Waals surface area (Å²) in [6.45, 7) is 3.57. The van der Waals surface area contributed by atoms with Gasteiger partial charge in [0.2, 0.25) is 5.91 Å². The molecule has 3 nitrogen and oxygen atoms in total. The van der Waals surface area contributed by atoms with Crippen molar-refractivity contribution in [1.82, 2.24) is 4.90 Å². The van der Waals surface area contributed by atoms with E-state index in [0.29, 0.717) is 18.9 Å². The summed E-state index contributed by atoms with van der Waals surface area (Å²) in [6.07, 6.45) is 5.44. The number of nitrogen functional groups attached to an aromatic ring is 1. The lowest BCUT2D eigenvalue weighted by molar-refractivity contribution is -0.133. The minimum atomic E-state index is 0.287. The Balaban J connectivity index is 1.98. The van der Waals surface area contributed by atoms with E-state index in [0.717, 1.165) is 24.2 Å². The van der Waals surface area contributed by atoms with Crippen LogP contribution in [0.5, 0.6) is 0 Å². The lowest BCUT2D eigenvalue weighted by Crippen LogP contribution is -2.33. The third-order valence-corrected chi connectivity index (χ3v) is 3.95. The molecule has 0 unspecified atom stereocenters. The fourth-order valence-electron chi connectivity index (χ4n) is 2.52. The van der Waals surface area contributed by atoms with Crippen molar-refractivity contribution in [2.24, 2.45) is 5.92 Å². The van der Waals surface area contributed by atoms with Crippen LogP contribution < -0.4 is 5.73 Å². The van der Waals surface area contributed by atoms with Gasteiger partial charge in [0.25, 0.3) is 0 Å². The first-order valence-corrected chi connectivity index (χ1v) is 7.32. The molecule has 104 valence electrons. The number of anilines is 1. The van der Waals surface area contributed by atoms with Crippen LogP contribution in [-0.2, 0) is 11.3 Å². The molecule has 1 aliphatic carbocycles. The molecule has 0 aromatic heterocycles. The maximum atomic E-state index is 12.3. The normalized spacial score (nSPS) is 15.0. The Kier molecular flexibility index (Phi) is 4.83. The van der Waals surface area contributed by atoms with Gasteiger partial charge in [0.15, 0.2) is 0 Å². The maximum absolute atomic E-state index is 12.3. The van der Waals surface area contributed by atoms with Gasteiger partial charge in [-0.15, -0.1) is 0 Å². The molecule has 1 saturated carbocycles. The number of carbonyl (C=O) groups is 1. The predicted molar refractivity (Wildman–Crippen MR) is 78.5 cm³/mol. The Morgan fingerprint density at radius 1 is 1.37 bits per heavy atom. The van der Waals surface area contributed by atoms with Gasteiger partial charge in [-0.2, -0.15) is 0 Å². The third-order valence-electron chi connectivity index (χ3n) is 3.95. The molecule has 0 radical (unpaired) electrons. The van der Waals surface area contributed by atoms with Crippen LogP contribution in [0.25, 0.3) is 0 Å². The molecule has 1 aliphatic rings. The van der Waals surface area contributed by atoms with E-state index in [-0.39, 0.29) is 5.91 Å². The number of rotatable bonds is 6. The highest BCUT2D eigenvalue weighted by atomic mass is 16.2. The van der Waals surface area contributed by atoms with E-state index in [4.69, 9.17) is 5.73 Å². The van der Waals surface area contributed by atoms with E-state index in [1.54, 1.807) is 0 Å². The predicted octanol–water partition coefficient (Wildman–Crippen LogP) is 3.20. The molecule has 0 heterocycles. The van der Waals surface area contributed by atoms with Crippen molar-refractivity contribution < 1.29 is 4.79 Å². The minimum Gasteiger partial charge on any atom is -0.398 e. The lowest BCUT2D eigenvalue weighted by atomic mass is 9.82.